The first-order valence-electron chi connectivity index (χ1n) is 7.45. The van der Waals surface area contributed by atoms with Gasteiger partial charge in [0.05, 0.1) is 0 Å². The highest BCUT2D eigenvalue weighted by molar-refractivity contribution is 9.10. The lowest BCUT2D eigenvalue weighted by Gasteiger charge is -2.06. The standard InChI is InChI=1S/C20H15BrO/c1-12(22)20-18-7-6-17(21)10-16(18)11-19(20)15-8-13-4-2-3-5-14(13)9-15/h2-8,10H,9,11H2,1H3. The molecule has 0 fully saturated rings. The molecule has 2 heteroatoms. The van der Waals surface area contributed by atoms with Crippen LogP contribution in [0.15, 0.2) is 58.1 Å². The summed E-state index contributed by atoms with van der Waals surface area (Å²) < 4.78 is 1.07. The summed E-state index contributed by atoms with van der Waals surface area (Å²) in [5.74, 6) is 0.160. The molecule has 2 aliphatic rings. The maximum atomic E-state index is 12.2. The highest BCUT2D eigenvalue weighted by Gasteiger charge is 2.28. The SMILES string of the molecule is CC(=O)C1=C(C2=Cc3ccccc3C2)Cc2cc(Br)ccc21. The molecule has 108 valence electrons. The fraction of sp³-hybridized carbons (Fsp3) is 0.150. The number of carbonyl (C=O) groups excluding carboxylic acids is 1. The second-order valence-electron chi connectivity index (χ2n) is 5.93. The highest BCUT2D eigenvalue weighted by atomic mass is 79.9. The van der Waals surface area contributed by atoms with Gasteiger partial charge in [0.1, 0.15) is 0 Å². The first-order chi connectivity index (χ1) is 10.6. The number of allylic oxidation sites excluding steroid dienone is 3. The second kappa shape index (κ2) is 5.06. The van der Waals surface area contributed by atoms with Crippen molar-refractivity contribution in [1.29, 1.82) is 0 Å². The van der Waals surface area contributed by atoms with E-state index >= 15 is 0 Å². The minimum absolute atomic E-state index is 0.160. The summed E-state index contributed by atoms with van der Waals surface area (Å²) >= 11 is 3.53. The molecule has 4 rings (SSSR count). The van der Waals surface area contributed by atoms with E-state index in [0.29, 0.717) is 0 Å². The summed E-state index contributed by atoms with van der Waals surface area (Å²) in [6, 6.07) is 14.7. The topological polar surface area (TPSA) is 17.1 Å². The van der Waals surface area contributed by atoms with Gasteiger partial charge in [-0.2, -0.15) is 0 Å². The molecule has 0 saturated heterocycles. The van der Waals surface area contributed by atoms with Crippen LogP contribution in [0.1, 0.15) is 29.2 Å². The van der Waals surface area contributed by atoms with Crippen molar-refractivity contribution in [3.8, 4) is 0 Å². The van der Waals surface area contributed by atoms with E-state index in [4.69, 9.17) is 0 Å². The fourth-order valence-corrected chi connectivity index (χ4v) is 3.95. The van der Waals surface area contributed by atoms with Gasteiger partial charge in [-0.1, -0.05) is 52.3 Å². The van der Waals surface area contributed by atoms with Crippen LogP contribution in [0.2, 0.25) is 0 Å². The number of hydrogen-bond acceptors (Lipinski definition) is 1. The van der Waals surface area contributed by atoms with Crippen molar-refractivity contribution in [1.82, 2.24) is 0 Å². The predicted molar refractivity (Wildman–Crippen MR) is 93.6 cm³/mol. The summed E-state index contributed by atoms with van der Waals surface area (Å²) in [4.78, 5) is 12.2. The van der Waals surface area contributed by atoms with Crippen LogP contribution < -0.4 is 0 Å². The van der Waals surface area contributed by atoms with E-state index in [1.165, 1.54) is 27.8 Å². The van der Waals surface area contributed by atoms with Crippen molar-refractivity contribution >= 4 is 33.4 Å². The minimum Gasteiger partial charge on any atom is -0.294 e. The van der Waals surface area contributed by atoms with Crippen LogP contribution >= 0.6 is 15.9 Å². The number of ketones is 1. The van der Waals surface area contributed by atoms with Crippen molar-refractivity contribution in [2.75, 3.05) is 0 Å². The Labute approximate surface area is 138 Å². The molecule has 0 amide bonds. The Morgan fingerprint density at radius 3 is 2.64 bits per heavy atom. The molecule has 0 heterocycles. The molecular weight excluding hydrogens is 336 g/mol. The van der Waals surface area contributed by atoms with E-state index in [1.54, 1.807) is 6.92 Å². The molecule has 2 aromatic carbocycles. The van der Waals surface area contributed by atoms with Crippen LogP contribution in [0.4, 0.5) is 0 Å². The number of halogens is 1. The maximum absolute atomic E-state index is 12.2. The zero-order chi connectivity index (χ0) is 15.3. The van der Waals surface area contributed by atoms with E-state index in [-0.39, 0.29) is 5.78 Å². The van der Waals surface area contributed by atoms with Gasteiger partial charge in [-0.05, 0) is 65.3 Å². The molecular formula is C20H15BrO. The van der Waals surface area contributed by atoms with E-state index in [1.807, 2.05) is 6.07 Å². The van der Waals surface area contributed by atoms with Gasteiger partial charge in [0.25, 0.3) is 0 Å². The van der Waals surface area contributed by atoms with Gasteiger partial charge in [0, 0.05) is 10.0 Å². The molecule has 0 spiro atoms. The third kappa shape index (κ3) is 2.10. The van der Waals surface area contributed by atoms with E-state index < -0.39 is 0 Å². The Morgan fingerprint density at radius 1 is 1.05 bits per heavy atom. The Bertz CT molecular complexity index is 871. The van der Waals surface area contributed by atoms with Crippen LogP contribution in [-0.2, 0) is 17.6 Å². The first kappa shape index (κ1) is 13.7. The normalized spacial score (nSPS) is 15.6. The van der Waals surface area contributed by atoms with E-state index in [2.05, 4.69) is 58.4 Å². The first-order valence-corrected chi connectivity index (χ1v) is 8.24. The number of benzene rings is 2. The molecule has 2 aromatic rings. The summed E-state index contributed by atoms with van der Waals surface area (Å²) in [7, 11) is 0. The summed E-state index contributed by atoms with van der Waals surface area (Å²) in [5, 5.41) is 0. The number of Topliss-reactive ketones (excluding diaryl/α,β-unsaturated/α-hetero) is 1. The van der Waals surface area contributed by atoms with Gasteiger partial charge >= 0.3 is 0 Å². The van der Waals surface area contributed by atoms with Crippen LogP contribution in [0.3, 0.4) is 0 Å². The van der Waals surface area contributed by atoms with E-state index in [9.17, 15) is 4.79 Å². The third-order valence-corrected chi connectivity index (χ3v) is 5.00. The van der Waals surface area contributed by atoms with Gasteiger partial charge in [0.15, 0.2) is 5.78 Å². The van der Waals surface area contributed by atoms with Crippen molar-refractivity contribution in [2.24, 2.45) is 0 Å². The van der Waals surface area contributed by atoms with Crippen LogP contribution in [0, 0.1) is 0 Å². The summed E-state index contributed by atoms with van der Waals surface area (Å²) in [6.45, 7) is 1.68. The zero-order valence-electron chi connectivity index (χ0n) is 12.3. The molecule has 22 heavy (non-hydrogen) atoms. The fourth-order valence-electron chi connectivity index (χ4n) is 3.54. The van der Waals surface area contributed by atoms with Crippen molar-refractivity contribution in [2.45, 2.75) is 19.8 Å². The van der Waals surface area contributed by atoms with Gasteiger partial charge in [-0.25, -0.2) is 0 Å². The lowest BCUT2D eigenvalue weighted by atomic mass is 9.96. The van der Waals surface area contributed by atoms with Crippen LogP contribution in [-0.4, -0.2) is 5.78 Å². The lowest BCUT2D eigenvalue weighted by molar-refractivity contribution is -0.111. The second-order valence-corrected chi connectivity index (χ2v) is 6.85. The third-order valence-electron chi connectivity index (χ3n) is 4.51. The van der Waals surface area contributed by atoms with Crippen molar-refractivity contribution in [3.05, 3.63) is 80.3 Å². The highest BCUT2D eigenvalue weighted by Crippen LogP contribution is 2.41. The monoisotopic (exact) mass is 350 g/mol. The molecule has 2 aliphatic carbocycles. The van der Waals surface area contributed by atoms with E-state index in [0.717, 1.165) is 28.5 Å². The summed E-state index contributed by atoms with van der Waals surface area (Å²) in [6.07, 6.45) is 4.02. The smallest absolute Gasteiger partial charge is 0.160 e. The van der Waals surface area contributed by atoms with Crippen molar-refractivity contribution < 1.29 is 4.79 Å². The average molecular weight is 351 g/mol. The maximum Gasteiger partial charge on any atom is 0.160 e. The summed E-state index contributed by atoms with van der Waals surface area (Å²) in [5.41, 5.74) is 8.38. The molecule has 0 radical (unpaired) electrons. The van der Waals surface area contributed by atoms with Gasteiger partial charge in [-0.3, -0.25) is 4.79 Å². The number of rotatable bonds is 2. The quantitative estimate of drug-likeness (QED) is 0.745. The number of carbonyl (C=O) groups is 1. The molecule has 0 atom stereocenters. The van der Waals surface area contributed by atoms with Gasteiger partial charge < -0.3 is 0 Å². The van der Waals surface area contributed by atoms with Crippen LogP contribution in [0.5, 0.6) is 0 Å². The molecule has 0 unspecified atom stereocenters. The molecule has 0 aliphatic heterocycles. The lowest BCUT2D eigenvalue weighted by Crippen LogP contribution is -1.99. The zero-order valence-corrected chi connectivity index (χ0v) is 13.9. The minimum atomic E-state index is 0.160. The number of hydrogen-bond donors (Lipinski definition) is 0. The van der Waals surface area contributed by atoms with Gasteiger partial charge in [0.2, 0.25) is 0 Å². The molecule has 0 bridgehead atoms. The molecule has 0 saturated carbocycles. The molecule has 1 nitrogen and oxygen atoms in total. The average Bonchev–Trinajstić information content (AvgIpc) is 3.07. The Balaban J connectivity index is 1.83. The number of fused-ring (bicyclic) bond motifs is 2. The molecule has 0 aromatic heterocycles. The Hall–Kier alpha value is -1.93. The van der Waals surface area contributed by atoms with Crippen molar-refractivity contribution in [3.63, 3.8) is 0 Å². The van der Waals surface area contributed by atoms with Crippen LogP contribution in [0.25, 0.3) is 11.6 Å². The molecule has 0 N–H and O–H groups in total. The largest absolute Gasteiger partial charge is 0.294 e. The predicted octanol–water partition coefficient (Wildman–Crippen LogP) is 4.99. The van der Waals surface area contributed by atoms with Gasteiger partial charge in [-0.15, -0.1) is 0 Å². The Kier molecular flexibility index (Phi) is 3.16. The Morgan fingerprint density at radius 2 is 1.86 bits per heavy atom.